The summed E-state index contributed by atoms with van der Waals surface area (Å²) < 4.78 is 0. The summed E-state index contributed by atoms with van der Waals surface area (Å²) in [5.41, 5.74) is 13.3. The Hall–Kier alpha value is -4.96. The lowest BCUT2D eigenvalue weighted by Crippen LogP contribution is -2.23. The molecule has 270 valence electrons. The van der Waals surface area contributed by atoms with E-state index < -0.39 is 0 Å². The zero-order valence-electron chi connectivity index (χ0n) is 32.5. The minimum atomic E-state index is 0.00283. The molecule has 7 rings (SSSR count). The molecule has 1 aromatic heterocycles. The van der Waals surface area contributed by atoms with Crippen LogP contribution in [0.1, 0.15) is 86.1 Å². The molecule has 0 atom stereocenters. The fourth-order valence-electron chi connectivity index (χ4n) is 7.55. The highest BCUT2D eigenvalue weighted by Crippen LogP contribution is 2.38. The summed E-state index contributed by atoms with van der Waals surface area (Å²) in [5, 5.41) is 2.65. The summed E-state index contributed by atoms with van der Waals surface area (Å²) in [5.74, 6) is 0. The van der Waals surface area contributed by atoms with E-state index in [1.165, 1.54) is 66.3 Å². The number of nitrogens with one attached hydrogen (secondary N) is 1. The number of fused-ring (bicyclic) bond motifs is 3. The quantitative estimate of drug-likeness (QED) is 0.137. The molecular weight excluding hydrogens is 643 g/mol. The molecule has 0 amide bonds. The van der Waals surface area contributed by atoms with Gasteiger partial charge in [-0.25, -0.2) is 0 Å². The Kier molecular flexibility index (Phi) is 10.7. The molecule has 0 aliphatic carbocycles. The molecule has 3 heteroatoms. The van der Waals surface area contributed by atoms with Gasteiger partial charge in [-0.3, -0.25) is 9.80 Å². The molecule has 0 saturated heterocycles. The summed E-state index contributed by atoms with van der Waals surface area (Å²) in [6.45, 7) is 19.3. The van der Waals surface area contributed by atoms with Crippen LogP contribution < -0.4 is 0 Å². The molecule has 0 aliphatic rings. The highest BCUT2D eigenvalue weighted by atomic mass is 15.1. The lowest BCUT2D eigenvalue weighted by atomic mass is 9.83. The normalized spacial score (nSPS) is 12.4. The van der Waals surface area contributed by atoms with E-state index in [0.717, 1.165) is 39.3 Å². The first-order chi connectivity index (χ1) is 25.5. The predicted molar refractivity (Wildman–Crippen MR) is 225 cm³/mol. The van der Waals surface area contributed by atoms with Crippen LogP contribution in [0, 0.1) is 0 Å². The van der Waals surface area contributed by atoms with Crippen molar-refractivity contribution < 1.29 is 0 Å². The summed E-state index contributed by atoms with van der Waals surface area (Å²) in [6, 6.07) is 53.5. The van der Waals surface area contributed by atoms with Gasteiger partial charge >= 0.3 is 0 Å². The third kappa shape index (κ3) is 8.99. The van der Waals surface area contributed by atoms with E-state index in [2.05, 4.69) is 202 Å². The standard InChI is InChI=1S/C50H55N3/c1-49(2,3)43-27-41(35-52(31-37-19-11-7-12-20-37)32-38-21-13-8-14-22-38)47-45(29-43)46-30-44(50(4,5)6)28-42(48(46)51-47)36-53(33-39-23-15-9-16-24-39)34-40-25-17-10-18-26-40/h7-30,51H,31-36H2,1-6H3. The van der Waals surface area contributed by atoms with Gasteiger partial charge in [0.2, 0.25) is 0 Å². The Labute approximate surface area is 317 Å². The summed E-state index contributed by atoms with van der Waals surface area (Å²) >= 11 is 0. The van der Waals surface area contributed by atoms with Crippen LogP contribution >= 0.6 is 0 Å². The van der Waals surface area contributed by atoms with E-state index in [-0.39, 0.29) is 10.8 Å². The Balaban J connectivity index is 1.37. The van der Waals surface area contributed by atoms with Crippen molar-refractivity contribution in [1.29, 1.82) is 0 Å². The zero-order chi connectivity index (χ0) is 37.0. The summed E-state index contributed by atoms with van der Waals surface area (Å²) in [6.07, 6.45) is 0. The highest BCUT2D eigenvalue weighted by molar-refractivity contribution is 6.10. The van der Waals surface area contributed by atoms with Gasteiger partial charge in [-0.1, -0.05) is 175 Å². The van der Waals surface area contributed by atoms with E-state index in [1.54, 1.807) is 0 Å². The predicted octanol–water partition coefficient (Wildman–Crippen LogP) is 12.3. The average molecular weight is 698 g/mol. The lowest BCUT2D eigenvalue weighted by molar-refractivity contribution is 0.248. The van der Waals surface area contributed by atoms with Crippen LogP contribution in [-0.2, 0) is 50.1 Å². The fraction of sp³-hybridized carbons (Fsp3) is 0.280. The molecular formula is C50H55N3. The molecule has 7 aromatic rings. The van der Waals surface area contributed by atoms with Crippen molar-refractivity contribution in [3.63, 3.8) is 0 Å². The second-order valence-corrected chi connectivity index (χ2v) is 17.0. The van der Waals surface area contributed by atoms with Crippen molar-refractivity contribution in [1.82, 2.24) is 14.8 Å². The van der Waals surface area contributed by atoms with Crippen LogP contribution in [0.25, 0.3) is 21.8 Å². The summed E-state index contributed by atoms with van der Waals surface area (Å²) in [4.78, 5) is 9.28. The number of benzene rings is 6. The molecule has 0 unspecified atom stereocenters. The molecule has 1 N–H and O–H groups in total. The largest absolute Gasteiger partial charge is 0.354 e. The van der Waals surface area contributed by atoms with Crippen LogP contribution in [0.5, 0.6) is 0 Å². The number of nitrogens with zero attached hydrogens (tertiary/aromatic N) is 2. The van der Waals surface area contributed by atoms with Gasteiger partial charge in [-0.05, 0) is 67.5 Å². The first-order valence-electron chi connectivity index (χ1n) is 19.2. The van der Waals surface area contributed by atoms with Crippen molar-refractivity contribution >= 4 is 21.8 Å². The highest BCUT2D eigenvalue weighted by Gasteiger charge is 2.24. The first-order valence-corrected chi connectivity index (χ1v) is 19.2. The number of hydrogen-bond donors (Lipinski definition) is 1. The van der Waals surface area contributed by atoms with Crippen molar-refractivity contribution in [3.05, 3.63) is 190 Å². The first kappa shape index (κ1) is 36.4. The van der Waals surface area contributed by atoms with E-state index in [9.17, 15) is 0 Å². The molecule has 1 heterocycles. The van der Waals surface area contributed by atoms with Crippen LogP contribution in [0.2, 0.25) is 0 Å². The summed E-state index contributed by atoms with van der Waals surface area (Å²) in [7, 11) is 0. The Morgan fingerprint density at radius 1 is 0.377 bits per heavy atom. The maximum atomic E-state index is 4.09. The second kappa shape index (κ2) is 15.6. The second-order valence-electron chi connectivity index (χ2n) is 17.0. The van der Waals surface area contributed by atoms with Gasteiger partial charge in [-0.2, -0.15) is 0 Å². The van der Waals surface area contributed by atoms with Crippen LogP contribution in [0.4, 0.5) is 0 Å². The van der Waals surface area contributed by atoms with Gasteiger partial charge in [0.15, 0.2) is 0 Å². The van der Waals surface area contributed by atoms with Gasteiger partial charge in [0.1, 0.15) is 0 Å². The number of aromatic nitrogens is 1. The molecule has 0 aliphatic heterocycles. The number of hydrogen-bond acceptors (Lipinski definition) is 2. The Bertz CT molecular complexity index is 2000. The average Bonchev–Trinajstić information content (AvgIpc) is 3.52. The number of rotatable bonds is 12. The van der Waals surface area contributed by atoms with Crippen molar-refractivity contribution in [2.24, 2.45) is 0 Å². The fourth-order valence-corrected chi connectivity index (χ4v) is 7.55. The van der Waals surface area contributed by atoms with Crippen molar-refractivity contribution in [2.75, 3.05) is 0 Å². The van der Waals surface area contributed by atoms with Gasteiger partial charge in [0, 0.05) is 50.0 Å². The third-order valence-electron chi connectivity index (χ3n) is 10.5. The molecule has 0 bridgehead atoms. The van der Waals surface area contributed by atoms with E-state index in [4.69, 9.17) is 0 Å². The van der Waals surface area contributed by atoms with E-state index in [0.29, 0.717) is 0 Å². The molecule has 0 saturated carbocycles. The Morgan fingerprint density at radius 2 is 0.660 bits per heavy atom. The molecule has 0 fully saturated rings. The SMILES string of the molecule is CC(C)(C)c1cc(CN(Cc2ccccc2)Cc2ccccc2)c2[nH]c3c(CN(Cc4ccccc4)Cc4ccccc4)cc(C(C)(C)C)cc3c2c1. The molecule has 53 heavy (non-hydrogen) atoms. The van der Waals surface area contributed by atoms with E-state index in [1.807, 2.05) is 0 Å². The third-order valence-corrected chi connectivity index (χ3v) is 10.5. The van der Waals surface area contributed by atoms with E-state index >= 15 is 0 Å². The van der Waals surface area contributed by atoms with Crippen molar-refractivity contribution in [2.45, 2.75) is 91.6 Å². The topological polar surface area (TPSA) is 22.3 Å². The zero-order valence-corrected chi connectivity index (χ0v) is 32.5. The number of H-pyrrole nitrogens is 1. The molecule has 6 aromatic carbocycles. The van der Waals surface area contributed by atoms with Gasteiger partial charge < -0.3 is 4.98 Å². The smallest absolute Gasteiger partial charge is 0.0510 e. The maximum absolute atomic E-state index is 4.09. The van der Waals surface area contributed by atoms with Gasteiger partial charge in [0.25, 0.3) is 0 Å². The monoisotopic (exact) mass is 697 g/mol. The van der Waals surface area contributed by atoms with Crippen LogP contribution in [-0.4, -0.2) is 14.8 Å². The lowest BCUT2D eigenvalue weighted by Gasteiger charge is -2.26. The molecule has 0 spiro atoms. The van der Waals surface area contributed by atoms with Gasteiger partial charge in [-0.15, -0.1) is 0 Å². The van der Waals surface area contributed by atoms with Crippen LogP contribution in [0.3, 0.4) is 0 Å². The minimum absolute atomic E-state index is 0.00283. The Morgan fingerprint density at radius 3 is 0.925 bits per heavy atom. The maximum Gasteiger partial charge on any atom is 0.0510 e. The number of aromatic amines is 1. The minimum Gasteiger partial charge on any atom is -0.354 e. The molecule has 3 nitrogen and oxygen atoms in total. The van der Waals surface area contributed by atoms with Crippen molar-refractivity contribution in [3.8, 4) is 0 Å². The van der Waals surface area contributed by atoms with Gasteiger partial charge in [0.05, 0.1) is 11.0 Å². The van der Waals surface area contributed by atoms with Crippen LogP contribution in [0.15, 0.2) is 146 Å². The molecule has 0 radical (unpaired) electrons.